The maximum atomic E-state index is 12.3. The third kappa shape index (κ3) is 7.18. The molecule has 0 aliphatic rings. The molecule has 138 valence electrons. The van der Waals surface area contributed by atoms with Crippen molar-refractivity contribution in [2.24, 2.45) is 5.73 Å². The maximum absolute atomic E-state index is 12.3. The molecule has 3 N–H and O–H groups in total. The van der Waals surface area contributed by atoms with Crippen molar-refractivity contribution in [2.75, 3.05) is 25.1 Å². The van der Waals surface area contributed by atoms with E-state index in [0.717, 1.165) is 23.2 Å². The van der Waals surface area contributed by atoms with Crippen LogP contribution in [0.5, 0.6) is 0 Å². The van der Waals surface area contributed by atoms with Crippen LogP contribution in [0.4, 0.5) is 5.69 Å². The molecule has 0 saturated heterocycles. The molecule has 0 aliphatic heterocycles. The van der Waals surface area contributed by atoms with Crippen molar-refractivity contribution in [3.63, 3.8) is 0 Å². The van der Waals surface area contributed by atoms with Gasteiger partial charge in [0, 0.05) is 12.3 Å². The molecule has 1 unspecified atom stereocenters. The van der Waals surface area contributed by atoms with E-state index in [-0.39, 0.29) is 18.3 Å². The smallest absolute Gasteiger partial charge is 0.244 e. The summed E-state index contributed by atoms with van der Waals surface area (Å²) in [5.41, 5.74) is 8.07. The van der Waals surface area contributed by atoms with Gasteiger partial charge in [-0.25, -0.2) is 0 Å². The van der Waals surface area contributed by atoms with E-state index in [4.69, 9.17) is 15.2 Å². The van der Waals surface area contributed by atoms with Crippen molar-refractivity contribution in [3.8, 4) is 0 Å². The molecule has 0 aromatic heterocycles. The van der Waals surface area contributed by atoms with Crippen molar-refractivity contribution in [2.45, 2.75) is 52.7 Å². The highest BCUT2D eigenvalue weighted by atomic mass is 35.5. The lowest BCUT2D eigenvalue weighted by atomic mass is 9.96. The van der Waals surface area contributed by atoms with E-state index in [1.165, 1.54) is 0 Å². The first-order valence-corrected chi connectivity index (χ1v) is 8.26. The maximum Gasteiger partial charge on any atom is 0.244 e. The molecule has 0 radical (unpaired) electrons. The SMILES string of the molecule is CCCC(C)(N)C(=O)Nc1cccc(COCCOCC)c1C.Cl. The van der Waals surface area contributed by atoms with Crippen LogP contribution in [0, 0.1) is 6.92 Å². The third-order valence-corrected chi connectivity index (χ3v) is 3.82. The Morgan fingerprint density at radius 3 is 2.54 bits per heavy atom. The lowest BCUT2D eigenvalue weighted by Gasteiger charge is -2.24. The van der Waals surface area contributed by atoms with E-state index in [9.17, 15) is 4.79 Å². The number of hydrogen-bond acceptors (Lipinski definition) is 4. The number of carbonyl (C=O) groups excluding carboxylic acids is 1. The molecule has 1 aromatic rings. The molecular formula is C18H31ClN2O3. The Hall–Kier alpha value is -1.14. The first-order chi connectivity index (χ1) is 10.9. The van der Waals surface area contributed by atoms with Gasteiger partial charge in [-0.1, -0.05) is 25.5 Å². The van der Waals surface area contributed by atoms with Crippen molar-refractivity contribution in [1.29, 1.82) is 0 Å². The zero-order valence-electron chi connectivity index (χ0n) is 15.2. The molecule has 1 amide bonds. The molecule has 1 rings (SSSR count). The number of carbonyl (C=O) groups is 1. The van der Waals surface area contributed by atoms with Gasteiger partial charge in [-0.3, -0.25) is 4.79 Å². The van der Waals surface area contributed by atoms with Gasteiger partial charge in [0.15, 0.2) is 0 Å². The monoisotopic (exact) mass is 358 g/mol. The van der Waals surface area contributed by atoms with Crippen LogP contribution in [0.25, 0.3) is 0 Å². The van der Waals surface area contributed by atoms with Crippen molar-refractivity contribution < 1.29 is 14.3 Å². The fraction of sp³-hybridized carbons (Fsp3) is 0.611. The van der Waals surface area contributed by atoms with E-state index >= 15 is 0 Å². The Kier molecular flexibility index (Phi) is 10.9. The summed E-state index contributed by atoms with van der Waals surface area (Å²) in [6.07, 6.45) is 1.52. The lowest BCUT2D eigenvalue weighted by Crippen LogP contribution is -2.48. The predicted molar refractivity (Wildman–Crippen MR) is 101 cm³/mol. The normalized spacial score (nSPS) is 13.0. The van der Waals surface area contributed by atoms with E-state index < -0.39 is 5.54 Å². The number of hydrogen-bond donors (Lipinski definition) is 2. The molecule has 1 atom stereocenters. The molecular weight excluding hydrogens is 328 g/mol. The number of ether oxygens (including phenoxy) is 2. The molecule has 0 bridgehead atoms. The van der Waals surface area contributed by atoms with E-state index in [1.807, 2.05) is 39.0 Å². The van der Waals surface area contributed by atoms with Gasteiger partial charge in [0.25, 0.3) is 0 Å². The van der Waals surface area contributed by atoms with Gasteiger partial charge >= 0.3 is 0 Å². The Morgan fingerprint density at radius 1 is 1.25 bits per heavy atom. The van der Waals surface area contributed by atoms with Gasteiger partial charge < -0.3 is 20.5 Å². The fourth-order valence-electron chi connectivity index (χ4n) is 2.32. The number of anilines is 1. The summed E-state index contributed by atoms with van der Waals surface area (Å²) < 4.78 is 10.8. The summed E-state index contributed by atoms with van der Waals surface area (Å²) in [5.74, 6) is -0.156. The molecule has 0 aliphatic carbocycles. The van der Waals surface area contributed by atoms with Crippen molar-refractivity contribution in [1.82, 2.24) is 0 Å². The topological polar surface area (TPSA) is 73.6 Å². The second-order valence-electron chi connectivity index (χ2n) is 5.96. The van der Waals surface area contributed by atoms with Crippen LogP contribution in [0.3, 0.4) is 0 Å². The number of halogens is 1. The predicted octanol–water partition coefficient (Wildman–Crippen LogP) is 3.43. The largest absolute Gasteiger partial charge is 0.379 e. The number of amides is 1. The Labute approximate surface area is 151 Å². The quantitative estimate of drug-likeness (QED) is 0.628. The van der Waals surface area contributed by atoms with E-state index in [2.05, 4.69) is 5.32 Å². The minimum atomic E-state index is -0.856. The summed E-state index contributed by atoms with van der Waals surface area (Å²) in [7, 11) is 0. The van der Waals surface area contributed by atoms with Crippen LogP contribution in [0.15, 0.2) is 18.2 Å². The van der Waals surface area contributed by atoms with Crippen LogP contribution in [0.1, 0.15) is 44.7 Å². The molecule has 0 saturated carbocycles. The van der Waals surface area contributed by atoms with Crippen LogP contribution in [-0.2, 0) is 20.9 Å². The van der Waals surface area contributed by atoms with Gasteiger partial charge in [-0.2, -0.15) is 0 Å². The van der Waals surface area contributed by atoms with E-state index in [1.54, 1.807) is 6.92 Å². The Balaban J connectivity index is 0.00000529. The van der Waals surface area contributed by atoms with Crippen molar-refractivity contribution >= 4 is 24.0 Å². The average Bonchev–Trinajstić information content (AvgIpc) is 2.50. The Morgan fingerprint density at radius 2 is 1.92 bits per heavy atom. The fourth-order valence-corrected chi connectivity index (χ4v) is 2.32. The molecule has 6 heteroatoms. The van der Waals surface area contributed by atoms with Gasteiger partial charge in [0.2, 0.25) is 5.91 Å². The van der Waals surface area contributed by atoms with Crippen LogP contribution >= 0.6 is 12.4 Å². The second kappa shape index (κ2) is 11.4. The van der Waals surface area contributed by atoms with Crippen molar-refractivity contribution in [3.05, 3.63) is 29.3 Å². The molecule has 24 heavy (non-hydrogen) atoms. The van der Waals surface area contributed by atoms with E-state index in [0.29, 0.717) is 32.8 Å². The summed E-state index contributed by atoms with van der Waals surface area (Å²) in [4.78, 5) is 12.3. The highest BCUT2D eigenvalue weighted by Crippen LogP contribution is 2.21. The second-order valence-corrected chi connectivity index (χ2v) is 5.96. The summed E-state index contributed by atoms with van der Waals surface area (Å²) in [5, 5.41) is 2.94. The first-order valence-electron chi connectivity index (χ1n) is 8.26. The summed E-state index contributed by atoms with van der Waals surface area (Å²) in [6.45, 7) is 10.1. The minimum absolute atomic E-state index is 0. The highest BCUT2D eigenvalue weighted by Gasteiger charge is 2.27. The summed E-state index contributed by atoms with van der Waals surface area (Å²) >= 11 is 0. The van der Waals surface area contributed by atoms with Crippen LogP contribution in [0.2, 0.25) is 0 Å². The molecule has 1 aromatic carbocycles. The number of rotatable bonds is 10. The first kappa shape index (κ1) is 22.9. The summed E-state index contributed by atoms with van der Waals surface area (Å²) in [6, 6.07) is 5.80. The van der Waals surface area contributed by atoms with Gasteiger partial charge in [-0.05, 0) is 44.4 Å². The van der Waals surface area contributed by atoms with Gasteiger partial charge in [0.1, 0.15) is 0 Å². The van der Waals surface area contributed by atoms with Crippen LogP contribution < -0.4 is 11.1 Å². The third-order valence-electron chi connectivity index (χ3n) is 3.82. The molecule has 5 nitrogen and oxygen atoms in total. The highest BCUT2D eigenvalue weighted by molar-refractivity contribution is 5.98. The molecule has 0 heterocycles. The zero-order chi connectivity index (χ0) is 17.3. The molecule has 0 fully saturated rings. The lowest BCUT2D eigenvalue weighted by molar-refractivity contribution is -0.120. The zero-order valence-corrected chi connectivity index (χ0v) is 16.0. The van der Waals surface area contributed by atoms with Gasteiger partial charge in [-0.15, -0.1) is 12.4 Å². The Bertz CT molecular complexity index is 507. The van der Waals surface area contributed by atoms with Gasteiger partial charge in [0.05, 0.1) is 25.4 Å². The minimum Gasteiger partial charge on any atom is -0.379 e. The molecule has 0 spiro atoms. The number of benzene rings is 1. The average molecular weight is 359 g/mol. The standard InChI is InChI=1S/C18H30N2O3.ClH/c1-5-10-18(4,19)17(21)20-16-9-7-8-15(14(16)3)13-23-12-11-22-6-2;/h7-9H,5-6,10-13,19H2,1-4H3,(H,20,21);1H. The number of nitrogens with one attached hydrogen (secondary N) is 1. The van der Waals surface area contributed by atoms with Crippen LogP contribution in [-0.4, -0.2) is 31.3 Å². The number of nitrogens with two attached hydrogens (primary N) is 1.